The molecule has 0 radical (unpaired) electrons. The van der Waals surface area contributed by atoms with Crippen molar-refractivity contribution < 1.29 is 9.90 Å². The first-order valence-corrected chi connectivity index (χ1v) is 8.12. The van der Waals surface area contributed by atoms with Gasteiger partial charge in [0.2, 0.25) is 0 Å². The van der Waals surface area contributed by atoms with Crippen molar-refractivity contribution in [1.82, 2.24) is 10.2 Å². The van der Waals surface area contributed by atoms with Gasteiger partial charge in [-0.15, -0.1) is 0 Å². The topological polar surface area (TPSA) is 52.6 Å². The number of carbonyl (C=O) groups excluding carboxylic acids is 1. The fraction of sp³-hybridized carbons (Fsp3) is 0.350. The Labute approximate surface area is 144 Å². The molecule has 0 aliphatic carbocycles. The summed E-state index contributed by atoms with van der Waals surface area (Å²) in [5.74, 6) is 0. The summed E-state index contributed by atoms with van der Waals surface area (Å²) < 4.78 is 0. The number of nitrogens with zero attached hydrogens (tertiary/aromatic N) is 1. The van der Waals surface area contributed by atoms with E-state index >= 15 is 0 Å². The van der Waals surface area contributed by atoms with E-state index in [-0.39, 0.29) is 18.6 Å². The number of hydrogen-bond donors (Lipinski definition) is 2. The Morgan fingerprint density at radius 2 is 1.62 bits per heavy atom. The van der Waals surface area contributed by atoms with Gasteiger partial charge in [0.05, 0.1) is 18.2 Å². The molecule has 128 valence electrons. The van der Waals surface area contributed by atoms with Crippen LogP contribution in [0.4, 0.5) is 4.79 Å². The maximum absolute atomic E-state index is 12.5. The summed E-state index contributed by atoms with van der Waals surface area (Å²) in [5, 5.41) is 13.0. The molecule has 0 saturated heterocycles. The minimum Gasteiger partial charge on any atom is -0.389 e. The van der Waals surface area contributed by atoms with Crippen molar-refractivity contribution in [3.8, 4) is 0 Å². The standard InChI is InChI=1S/C20H26N2O2/c1-15-10-12-17(13-11-15)18(16-8-6-5-7-9-16)21-19(23)22(4)14-20(2,3)24/h5-13,18,24H,14H2,1-4H3,(H,21,23). The van der Waals surface area contributed by atoms with Crippen LogP contribution in [0.15, 0.2) is 54.6 Å². The Morgan fingerprint density at radius 3 is 2.17 bits per heavy atom. The first-order chi connectivity index (χ1) is 11.3. The second kappa shape index (κ2) is 7.49. The molecule has 2 aromatic carbocycles. The van der Waals surface area contributed by atoms with E-state index < -0.39 is 5.60 Å². The molecule has 0 fully saturated rings. The zero-order chi connectivity index (χ0) is 17.7. The van der Waals surface area contributed by atoms with E-state index in [1.54, 1.807) is 20.9 Å². The van der Waals surface area contributed by atoms with E-state index in [9.17, 15) is 9.90 Å². The maximum Gasteiger partial charge on any atom is 0.317 e. The molecule has 0 spiro atoms. The lowest BCUT2D eigenvalue weighted by molar-refractivity contribution is 0.0529. The van der Waals surface area contributed by atoms with E-state index in [0.29, 0.717) is 0 Å². The van der Waals surface area contributed by atoms with Crippen LogP contribution >= 0.6 is 0 Å². The molecule has 2 amide bonds. The largest absolute Gasteiger partial charge is 0.389 e. The number of urea groups is 1. The fourth-order valence-corrected chi connectivity index (χ4v) is 2.65. The van der Waals surface area contributed by atoms with Crippen LogP contribution in [0.3, 0.4) is 0 Å². The van der Waals surface area contributed by atoms with Crippen LogP contribution in [0, 0.1) is 6.92 Å². The van der Waals surface area contributed by atoms with Crippen molar-refractivity contribution in [2.45, 2.75) is 32.4 Å². The number of rotatable bonds is 5. The Bertz CT molecular complexity index is 660. The molecule has 4 nitrogen and oxygen atoms in total. The number of aryl methyl sites for hydroxylation is 1. The average molecular weight is 326 g/mol. The molecule has 0 aliphatic heterocycles. The van der Waals surface area contributed by atoms with Gasteiger partial charge in [0, 0.05) is 7.05 Å². The van der Waals surface area contributed by atoms with Crippen LogP contribution in [-0.4, -0.2) is 35.2 Å². The Morgan fingerprint density at radius 1 is 1.08 bits per heavy atom. The van der Waals surface area contributed by atoms with Crippen LogP contribution in [0.2, 0.25) is 0 Å². The highest BCUT2D eigenvalue weighted by atomic mass is 16.3. The molecule has 1 unspecified atom stereocenters. The van der Waals surface area contributed by atoms with Crippen LogP contribution in [0.25, 0.3) is 0 Å². The molecule has 2 rings (SSSR count). The lowest BCUT2D eigenvalue weighted by Crippen LogP contribution is -2.45. The van der Waals surface area contributed by atoms with Gasteiger partial charge in [-0.05, 0) is 31.9 Å². The van der Waals surface area contributed by atoms with Gasteiger partial charge in [-0.2, -0.15) is 0 Å². The highest BCUT2D eigenvalue weighted by molar-refractivity contribution is 5.75. The van der Waals surface area contributed by atoms with Gasteiger partial charge in [0.1, 0.15) is 0 Å². The Kier molecular flexibility index (Phi) is 5.62. The summed E-state index contributed by atoms with van der Waals surface area (Å²) in [7, 11) is 1.69. The first kappa shape index (κ1) is 18.0. The smallest absolute Gasteiger partial charge is 0.317 e. The highest BCUT2D eigenvalue weighted by Crippen LogP contribution is 2.22. The Hall–Kier alpha value is -2.33. The van der Waals surface area contributed by atoms with Gasteiger partial charge >= 0.3 is 6.03 Å². The third-order valence-electron chi connectivity index (χ3n) is 3.78. The van der Waals surface area contributed by atoms with Gasteiger partial charge in [-0.1, -0.05) is 60.2 Å². The van der Waals surface area contributed by atoms with Crippen molar-refractivity contribution in [3.63, 3.8) is 0 Å². The molecule has 0 heterocycles. The van der Waals surface area contributed by atoms with Crippen molar-refractivity contribution in [2.75, 3.05) is 13.6 Å². The number of nitrogens with one attached hydrogen (secondary N) is 1. The molecule has 0 aromatic heterocycles. The molecule has 0 saturated carbocycles. The summed E-state index contributed by atoms with van der Waals surface area (Å²) in [4.78, 5) is 14.1. The molecule has 2 N–H and O–H groups in total. The summed E-state index contributed by atoms with van der Waals surface area (Å²) in [6.07, 6.45) is 0. The van der Waals surface area contributed by atoms with E-state index in [0.717, 1.165) is 11.1 Å². The summed E-state index contributed by atoms with van der Waals surface area (Å²) >= 11 is 0. The van der Waals surface area contributed by atoms with Crippen molar-refractivity contribution >= 4 is 6.03 Å². The number of amides is 2. The third kappa shape index (κ3) is 5.10. The molecule has 0 bridgehead atoms. The van der Waals surface area contributed by atoms with Gasteiger partial charge in [0.15, 0.2) is 0 Å². The summed E-state index contributed by atoms with van der Waals surface area (Å²) in [6, 6.07) is 17.6. The molecule has 1 atom stereocenters. The predicted molar refractivity (Wildman–Crippen MR) is 96.9 cm³/mol. The quantitative estimate of drug-likeness (QED) is 0.883. The average Bonchev–Trinajstić information content (AvgIpc) is 2.52. The zero-order valence-electron chi connectivity index (χ0n) is 14.8. The van der Waals surface area contributed by atoms with Crippen LogP contribution in [-0.2, 0) is 0 Å². The second-order valence-corrected chi connectivity index (χ2v) is 6.87. The highest BCUT2D eigenvalue weighted by Gasteiger charge is 2.22. The van der Waals surface area contributed by atoms with Crippen LogP contribution in [0.1, 0.15) is 36.6 Å². The number of likely N-dealkylation sites (N-methyl/N-ethyl adjacent to an activating group) is 1. The minimum absolute atomic E-state index is 0.216. The number of hydrogen-bond acceptors (Lipinski definition) is 2. The van der Waals surface area contributed by atoms with Crippen molar-refractivity contribution in [3.05, 3.63) is 71.3 Å². The molecule has 4 heteroatoms. The molecule has 2 aromatic rings. The zero-order valence-corrected chi connectivity index (χ0v) is 14.8. The number of aliphatic hydroxyl groups is 1. The lowest BCUT2D eigenvalue weighted by Gasteiger charge is -2.28. The van der Waals surface area contributed by atoms with Gasteiger partial charge < -0.3 is 15.3 Å². The number of benzene rings is 2. The molecular formula is C20H26N2O2. The third-order valence-corrected chi connectivity index (χ3v) is 3.78. The number of carbonyl (C=O) groups is 1. The van der Waals surface area contributed by atoms with Crippen molar-refractivity contribution in [2.24, 2.45) is 0 Å². The first-order valence-electron chi connectivity index (χ1n) is 8.12. The second-order valence-electron chi connectivity index (χ2n) is 6.87. The van der Waals surface area contributed by atoms with Gasteiger partial charge in [-0.25, -0.2) is 4.79 Å². The van der Waals surface area contributed by atoms with E-state index in [1.165, 1.54) is 10.5 Å². The van der Waals surface area contributed by atoms with E-state index in [2.05, 4.69) is 5.32 Å². The molecule has 0 aliphatic rings. The monoisotopic (exact) mass is 326 g/mol. The predicted octanol–water partition coefficient (Wildman–Crippen LogP) is 3.50. The Balaban J connectivity index is 2.24. The van der Waals surface area contributed by atoms with E-state index in [4.69, 9.17) is 0 Å². The summed E-state index contributed by atoms with van der Waals surface area (Å²) in [6.45, 7) is 5.67. The van der Waals surface area contributed by atoms with Crippen LogP contribution in [0.5, 0.6) is 0 Å². The van der Waals surface area contributed by atoms with Gasteiger partial charge in [0.25, 0.3) is 0 Å². The van der Waals surface area contributed by atoms with Crippen molar-refractivity contribution in [1.29, 1.82) is 0 Å². The minimum atomic E-state index is -0.932. The maximum atomic E-state index is 12.5. The van der Waals surface area contributed by atoms with Gasteiger partial charge in [-0.3, -0.25) is 0 Å². The summed E-state index contributed by atoms with van der Waals surface area (Å²) in [5.41, 5.74) is 2.29. The van der Waals surface area contributed by atoms with E-state index in [1.807, 2.05) is 61.5 Å². The molecule has 24 heavy (non-hydrogen) atoms. The normalized spacial score (nSPS) is 12.5. The SMILES string of the molecule is Cc1ccc(C(NC(=O)N(C)CC(C)(C)O)c2ccccc2)cc1. The lowest BCUT2D eigenvalue weighted by atomic mass is 9.98. The molecular weight excluding hydrogens is 300 g/mol. The fourth-order valence-electron chi connectivity index (χ4n) is 2.65. The van der Waals surface area contributed by atoms with Crippen LogP contribution < -0.4 is 5.32 Å².